The van der Waals surface area contributed by atoms with Crippen LogP contribution in [0.25, 0.3) is 82.6 Å². The lowest BCUT2D eigenvalue weighted by molar-refractivity contribution is 0.996. The zero-order valence-corrected chi connectivity index (χ0v) is 23.3. The number of hydrogen-bond donors (Lipinski definition) is 0. The Balaban J connectivity index is 1.40. The van der Waals surface area contributed by atoms with Gasteiger partial charge in [0, 0.05) is 21.9 Å². The van der Waals surface area contributed by atoms with Crippen LogP contribution in [-0.2, 0) is 0 Å². The standard InChI is InChI=1S/C40H25N3/c1-3-12-27(13-4-1)34-25-35(28-14-5-2-6-15-28)42-40(41-34)43-36-18-10-9-17-33(36)39-32-22-21-29-20-19-26-11-7-8-16-30(26)38(29)31(32)23-24-37(39)43/h1-25H. The number of hydrogen-bond acceptors (Lipinski definition) is 2. The molecule has 0 saturated heterocycles. The van der Waals surface area contributed by atoms with Crippen molar-refractivity contribution in [2.24, 2.45) is 0 Å². The van der Waals surface area contributed by atoms with E-state index in [9.17, 15) is 0 Å². The lowest BCUT2D eigenvalue weighted by Crippen LogP contribution is -2.04. The molecule has 3 heteroatoms. The summed E-state index contributed by atoms with van der Waals surface area (Å²) < 4.78 is 2.23. The average molecular weight is 548 g/mol. The number of nitrogens with zero attached hydrogens (tertiary/aromatic N) is 3. The van der Waals surface area contributed by atoms with Crippen LogP contribution in [0.5, 0.6) is 0 Å². The first-order valence-corrected chi connectivity index (χ1v) is 14.6. The minimum absolute atomic E-state index is 0.664. The van der Waals surface area contributed by atoms with Crippen molar-refractivity contribution in [2.75, 3.05) is 0 Å². The summed E-state index contributed by atoms with van der Waals surface area (Å²) in [5.41, 5.74) is 6.10. The van der Waals surface area contributed by atoms with Crippen molar-refractivity contribution in [3.8, 4) is 28.5 Å². The first-order chi connectivity index (χ1) is 21.3. The van der Waals surface area contributed by atoms with Gasteiger partial charge in [0.1, 0.15) is 0 Å². The summed E-state index contributed by atoms with van der Waals surface area (Å²) in [6, 6.07) is 53.6. The van der Waals surface area contributed by atoms with Crippen LogP contribution in [-0.4, -0.2) is 14.5 Å². The summed E-state index contributed by atoms with van der Waals surface area (Å²) >= 11 is 0. The molecule has 3 nitrogen and oxygen atoms in total. The molecule has 2 heterocycles. The normalized spacial score (nSPS) is 11.7. The monoisotopic (exact) mass is 547 g/mol. The molecular weight excluding hydrogens is 522 g/mol. The first-order valence-electron chi connectivity index (χ1n) is 14.6. The maximum Gasteiger partial charge on any atom is 0.235 e. The number of para-hydroxylation sites is 1. The Labute approximate surface area is 248 Å². The molecular formula is C40H25N3. The Hall–Kier alpha value is -5.80. The summed E-state index contributed by atoms with van der Waals surface area (Å²) in [6.07, 6.45) is 0. The molecule has 0 aliphatic rings. The van der Waals surface area contributed by atoms with Crippen LogP contribution in [0.1, 0.15) is 0 Å². The molecule has 0 N–H and O–H groups in total. The van der Waals surface area contributed by atoms with Crippen molar-refractivity contribution < 1.29 is 0 Å². The van der Waals surface area contributed by atoms with Gasteiger partial charge >= 0.3 is 0 Å². The average Bonchev–Trinajstić information content (AvgIpc) is 3.43. The quantitative estimate of drug-likeness (QED) is 0.206. The molecule has 0 aliphatic heterocycles. The number of fused-ring (bicyclic) bond motifs is 9. The molecule has 43 heavy (non-hydrogen) atoms. The number of aromatic nitrogens is 3. The summed E-state index contributed by atoms with van der Waals surface area (Å²) in [5, 5.41) is 9.98. The smallest absolute Gasteiger partial charge is 0.235 e. The summed E-state index contributed by atoms with van der Waals surface area (Å²) in [4.78, 5) is 10.4. The van der Waals surface area contributed by atoms with E-state index in [1.54, 1.807) is 0 Å². The third-order valence-electron chi connectivity index (χ3n) is 8.59. The van der Waals surface area contributed by atoms with E-state index in [1.807, 2.05) is 12.1 Å². The molecule has 0 fully saturated rings. The molecule has 0 atom stereocenters. The van der Waals surface area contributed by atoms with Gasteiger partial charge in [0.15, 0.2) is 0 Å². The van der Waals surface area contributed by atoms with Gasteiger partial charge in [0.05, 0.1) is 22.4 Å². The molecule has 2 aromatic heterocycles. The molecule has 0 saturated carbocycles. The predicted molar refractivity (Wildman–Crippen MR) is 180 cm³/mol. The Morgan fingerprint density at radius 1 is 0.372 bits per heavy atom. The maximum absolute atomic E-state index is 5.19. The van der Waals surface area contributed by atoms with E-state index in [1.165, 1.54) is 43.1 Å². The highest BCUT2D eigenvalue weighted by molar-refractivity contribution is 6.29. The molecule has 0 bridgehead atoms. The number of rotatable bonds is 3. The lowest BCUT2D eigenvalue weighted by atomic mass is 9.94. The van der Waals surface area contributed by atoms with Crippen molar-refractivity contribution in [2.45, 2.75) is 0 Å². The van der Waals surface area contributed by atoms with Gasteiger partial charge in [-0.3, -0.25) is 4.57 Å². The van der Waals surface area contributed by atoms with Crippen LogP contribution < -0.4 is 0 Å². The van der Waals surface area contributed by atoms with Crippen molar-refractivity contribution in [3.05, 3.63) is 152 Å². The summed E-state index contributed by atoms with van der Waals surface area (Å²) in [5.74, 6) is 0.664. The van der Waals surface area contributed by atoms with Crippen LogP contribution >= 0.6 is 0 Å². The fourth-order valence-electron chi connectivity index (χ4n) is 6.64. The Morgan fingerprint density at radius 2 is 0.930 bits per heavy atom. The van der Waals surface area contributed by atoms with Crippen LogP contribution in [0, 0.1) is 0 Å². The largest absolute Gasteiger partial charge is 0.278 e. The van der Waals surface area contributed by atoms with E-state index in [2.05, 4.69) is 144 Å². The fraction of sp³-hybridized carbons (Fsp3) is 0. The van der Waals surface area contributed by atoms with Gasteiger partial charge < -0.3 is 0 Å². The topological polar surface area (TPSA) is 30.7 Å². The first kappa shape index (κ1) is 23.9. The van der Waals surface area contributed by atoms with Gasteiger partial charge in [-0.25, -0.2) is 9.97 Å². The Morgan fingerprint density at radius 3 is 1.67 bits per heavy atom. The summed E-state index contributed by atoms with van der Waals surface area (Å²) in [7, 11) is 0. The molecule has 0 spiro atoms. The van der Waals surface area contributed by atoms with Gasteiger partial charge in [-0.15, -0.1) is 0 Å². The second-order valence-corrected chi connectivity index (χ2v) is 11.0. The van der Waals surface area contributed by atoms with E-state index in [0.29, 0.717) is 5.95 Å². The van der Waals surface area contributed by atoms with Crippen molar-refractivity contribution in [3.63, 3.8) is 0 Å². The third kappa shape index (κ3) is 3.68. The van der Waals surface area contributed by atoms with E-state index in [-0.39, 0.29) is 0 Å². The zero-order valence-electron chi connectivity index (χ0n) is 23.3. The molecule has 200 valence electrons. The van der Waals surface area contributed by atoms with Gasteiger partial charge in [0.25, 0.3) is 0 Å². The van der Waals surface area contributed by atoms with Gasteiger partial charge in [0.2, 0.25) is 5.95 Å². The molecule has 0 aliphatic carbocycles. The van der Waals surface area contributed by atoms with Crippen molar-refractivity contribution in [1.29, 1.82) is 0 Å². The van der Waals surface area contributed by atoms with E-state index >= 15 is 0 Å². The second kappa shape index (κ2) is 9.37. The fourth-order valence-corrected chi connectivity index (χ4v) is 6.64. The highest BCUT2D eigenvalue weighted by Gasteiger charge is 2.19. The van der Waals surface area contributed by atoms with Gasteiger partial charge in [-0.1, -0.05) is 133 Å². The molecule has 0 radical (unpaired) electrons. The maximum atomic E-state index is 5.19. The number of benzene rings is 7. The van der Waals surface area contributed by atoms with Gasteiger partial charge in [-0.2, -0.15) is 0 Å². The molecule has 9 aromatic rings. The van der Waals surface area contributed by atoms with Crippen molar-refractivity contribution >= 4 is 54.1 Å². The van der Waals surface area contributed by atoms with Crippen LogP contribution in [0.2, 0.25) is 0 Å². The highest BCUT2D eigenvalue weighted by atomic mass is 15.2. The molecule has 7 aromatic carbocycles. The van der Waals surface area contributed by atoms with E-state index in [4.69, 9.17) is 9.97 Å². The van der Waals surface area contributed by atoms with Gasteiger partial charge in [-0.05, 0) is 50.5 Å². The Bertz CT molecular complexity index is 2440. The highest BCUT2D eigenvalue weighted by Crippen LogP contribution is 2.40. The second-order valence-electron chi connectivity index (χ2n) is 11.0. The van der Waals surface area contributed by atoms with Crippen molar-refractivity contribution in [1.82, 2.24) is 14.5 Å². The van der Waals surface area contributed by atoms with Crippen LogP contribution in [0.4, 0.5) is 0 Å². The van der Waals surface area contributed by atoms with E-state index in [0.717, 1.165) is 33.5 Å². The summed E-state index contributed by atoms with van der Waals surface area (Å²) in [6.45, 7) is 0. The SMILES string of the molecule is c1ccc(-c2cc(-c3ccccc3)nc(-n3c4ccccc4c4c5ccc6ccc7ccccc7c6c5ccc43)n2)cc1. The zero-order chi connectivity index (χ0) is 28.3. The minimum atomic E-state index is 0.664. The predicted octanol–water partition coefficient (Wildman–Crippen LogP) is 10.4. The molecule has 9 rings (SSSR count). The van der Waals surface area contributed by atoms with E-state index < -0.39 is 0 Å². The molecule has 0 unspecified atom stereocenters. The Kier molecular flexibility index (Phi) is 5.20. The lowest BCUT2D eigenvalue weighted by Gasteiger charge is -2.12. The third-order valence-corrected chi connectivity index (χ3v) is 8.59. The van der Waals surface area contributed by atoms with Crippen LogP contribution in [0.15, 0.2) is 152 Å². The van der Waals surface area contributed by atoms with Crippen LogP contribution in [0.3, 0.4) is 0 Å². The minimum Gasteiger partial charge on any atom is -0.278 e. The molecule has 0 amide bonds.